The summed E-state index contributed by atoms with van der Waals surface area (Å²) in [5.74, 6) is -1.10. The minimum atomic E-state index is -1.21. The molecule has 1 unspecified atom stereocenters. The van der Waals surface area contributed by atoms with Crippen molar-refractivity contribution >= 4 is 33.8 Å². The molecule has 1 aliphatic rings. The molecule has 1 aromatic carbocycles. The highest BCUT2D eigenvalue weighted by Gasteiger charge is 2.50. The van der Waals surface area contributed by atoms with Crippen LogP contribution in [-0.4, -0.2) is 35.5 Å². The van der Waals surface area contributed by atoms with Gasteiger partial charge in [-0.15, -0.1) is 0 Å². The Kier molecular flexibility index (Phi) is 4.55. The van der Waals surface area contributed by atoms with Gasteiger partial charge >= 0.3 is 12.0 Å². The summed E-state index contributed by atoms with van der Waals surface area (Å²) in [6, 6.07) is 6.52. The number of carbonyl (C=O) groups is 3. The number of halogens is 1. The van der Waals surface area contributed by atoms with E-state index in [1.165, 1.54) is 0 Å². The first-order valence-electron chi connectivity index (χ1n) is 6.84. The number of esters is 1. The quantitative estimate of drug-likeness (QED) is 0.652. The number of rotatable bonds is 4. The van der Waals surface area contributed by atoms with Crippen molar-refractivity contribution in [1.29, 1.82) is 0 Å². The molecule has 7 heteroatoms. The monoisotopic (exact) mass is 368 g/mol. The number of carbonyl (C=O) groups excluding carboxylic acids is 3. The van der Waals surface area contributed by atoms with Gasteiger partial charge in [0.05, 0.1) is 6.10 Å². The summed E-state index contributed by atoms with van der Waals surface area (Å²) in [6.07, 6.45) is -0.303. The van der Waals surface area contributed by atoms with Crippen LogP contribution in [0.3, 0.4) is 0 Å². The molecule has 0 saturated carbocycles. The molecule has 1 heterocycles. The molecular formula is C15H17BrN2O4. The summed E-state index contributed by atoms with van der Waals surface area (Å²) < 4.78 is 5.69. The van der Waals surface area contributed by atoms with E-state index in [1.807, 2.05) is 6.07 Å². The second kappa shape index (κ2) is 6.08. The van der Waals surface area contributed by atoms with Crippen molar-refractivity contribution in [1.82, 2.24) is 10.2 Å². The van der Waals surface area contributed by atoms with Crippen LogP contribution in [0, 0.1) is 0 Å². The number of nitrogens with zero attached hydrogens (tertiary/aromatic N) is 1. The number of benzene rings is 1. The first kappa shape index (κ1) is 16.5. The maximum absolute atomic E-state index is 12.6. The second-order valence-corrected chi connectivity index (χ2v) is 6.32. The van der Waals surface area contributed by atoms with Crippen LogP contribution in [0.2, 0.25) is 0 Å². The number of imide groups is 1. The van der Waals surface area contributed by atoms with E-state index in [0.717, 1.165) is 4.90 Å². The van der Waals surface area contributed by atoms with Crippen molar-refractivity contribution in [2.75, 3.05) is 6.54 Å². The van der Waals surface area contributed by atoms with E-state index < -0.39 is 30.0 Å². The summed E-state index contributed by atoms with van der Waals surface area (Å²) in [5, 5.41) is 2.65. The van der Waals surface area contributed by atoms with Crippen LogP contribution in [0.1, 0.15) is 26.3 Å². The van der Waals surface area contributed by atoms with Gasteiger partial charge in [-0.2, -0.15) is 0 Å². The van der Waals surface area contributed by atoms with E-state index in [0.29, 0.717) is 10.0 Å². The molecule has 3 amide bonds. The molecule has 1 N–H and O–H groups in total. The molecule has 0 spiro atoms. The third-order valence-electron chi connectivity index (χ3n) is 3.34. The van der Waals surface area contributed by atoms with Gasteiger partial charge in [-0.25, -0.2) is 4.79 Å². The summed E-state index contributed by atoms with van der Waals surface area (Å²) in [7, 11) is 0. The largest absolute Gasteiger partial charge is 0.462 e. The normalized spacial score (nSPS) is 21.2. The van der Waals surface area contributed by atoms with Crippen LogP contribution in [0.4, 0.5) is 4.79 Å². The maximum Gasteiger partial charge on any atom is 0.326 e. The lowest BCUT2D eigenvalue weighted by Gasteiger charge is -2.23. The third kappa shape index (κ3) is 2.99. The van der Waals surface area contributed by atoms with E-state index >= 15 is 0 Å². The molecule has 1 atom stereocenters. The van der Waals surface area contributed by atoms with Gasteiger partial charge in [-0.3, -0.25) is 14.5 Å². The molecule has 0 bridgehead atoms. The standard InChI is InChI=1S/C15H17BrN2O4/c1-9(2)22-12(19)8-18-13(20)15(3,17-14(18)21)10-6-4-5-7-11(10)16/h4-7,9H,8H2,1-3H3,(H,17,21). The topological polar surface area (TPSA) is 75.7 Å². The summed E-state index contributed by atoms with van der Waals surface area (Å²) in [6.45, 7) is 4.62. The Labute approximate surface area is 136 Å². The van der Waals surface area contributed by atoms with Gasteiger partial charge in [0, 0.05) is 10.0 Å². The second-order valence-electron chi connectivity index (χ2n) is 5.46. The van der Waals surface area contributed by atoms with Crippen molar-refractivity contribution in [2.45, 2.75) is 32.4 Å². The Morgan fingerprint density at radius 1 is 1.36 bits per heavy atom. The third-order valence-corrected chi connectivity index (χ3v) is 4.03. The summed E-state index contributed by atoms with van der Waals surface area (Å²) in [4.78, 5) is 37.3. The van der Waals surface area contributed by atoms with Crippen molar-refractivity contribution in [2.24, 2.45) is 0 Å². The highest BCUT2D eigenvalue weighted by molar-refractivity contribution is 9.10. The Bertz CT molecular complexity index is 632. The molecule has 1 aliphatic heterocycles. The summed E-state index contributed by atoms with van der Waals surface area (Å²) in [5.41, 5.74) is -0.581. The van der Waals surface area contributed by atoms with E-state index in [9.17, 15) is 14.4 Å². The zero-order valence-corrected chi connectivity index (χ0v) is 14.1. The summed E-state index contributed by atoms with van der Waals surface area (Å²) >= 11 is 3.38. The van der Waals surface area contributed by atoms with Crippen molar-refractivity contribution < 1.29 is 19.1 Å². The predicted molar refractivity (Wildman–Crippen MR) is 83.0 cm³/mol. The zero-order chi connectivity index (χ0) is 16.5. The molecule has 0 aliphatic carbocycles. The van der Waals surface area contributed by atoms with Crippen molar-refractivity contribution in [3.8, 4) is 0 Å². The lowest BCUT2D eigenvalue weighted by molar-refractivity contribution is -0.150. The van der Waals surface area contributed by atoms with Crippen LogP contribution < -0.4 is 5.32 Å². The molecule has 0 radical (unpaired) electrons. The molecule has 1 saturated heterocycles. The lowest BCUT2D eigenvalue weighted by Crippen LogP contribution is -2.42. The molecule has 1 aromatic rings. The minimum absolute atomic E-state index is 0.303. The highest BCUT2D eigenvalue weighted by Crippen LogP contribution is 2.33. The highest BCUT2D eigenvalue weighted by atomic mass is 79.9. The van der Waals surface area contributed by atoms with E-state index in [-0.39, 0.29) is 6.10 Å². The van der Waals surface area contributed by atoms with Gasteiger partial charge in [0.15, 0.2) is 0 Å². The van der Waals surface area contributed by atoms with Crippen LogP contribution in [0.25, 0.3) is 0 Å². The van der Waals surface area contributed by atoms with E-state index in [4.69, 9.17) is 4.74 Å². The fraction of sp³-hybridized carbons (Fsp3) is 0.400. The molecule has 0 aromatic heterocycles. The van der Waals surface area contributed by atoms with E-state index in [1.54, 1.807) is 39.0 Å². The van der Waals surface area contributed by atoms with Crippen molar-refractivity contribution in [3.05, 3.63) is 34.3 Å². The molecule has 2 rings (SSSR count). The van der Waals surface area contributed by atoms with Crippen LogP contribution >= 0.6 is 15.9 Å². The van der Waals surface area contributed by atoms with Gasteiger partial charge in [0.25, 0.3) is 5.91 Å². The van der Waals surface area contributed by atoms with Gasteiger partial charge in [0.2, 0.25) is 0 Å². The first-order valence-corrected chi connectivity index (χ1v) is 7.63. The number of hydrogen-bond acceptors (Lipinski definition) is 4. The number of hydrogen-bond donors (Lipinski definition) is 1. The van der Waals surface area contributed by atoms with Gasteiger partial charge in [-0.1, -0.05) is 34.1 Å². The van der Waals surface area contributed by atoms with Gasteiger partial charge in [0.1, 0.15) is 12.1 Å². The molecular weight excluding hydrogens is 352 g/mol. The number of urea groups is 1. The Morgan fingerprint density at radius 2 is 2.00 bits per heavy atom. The Balaban J connectivity index is 2.25. The molecule has 118 valence electrons. The first-order chi connectivity index (χ1) is 10.3. The smallest absolute Gasteiger partial charge is 0.326 e. The maximum atomic E-state index is 12.6. The van der Waals surface area contributed by atoms with Crippen molar-refractivity contribution in [3.63, 3.8) is 0 Å². The zero-order valence-electron chi connectivity index (χ0n) is 12.6. The molecule has 6 nitrogen and oxygen atoms in total. The van der Waals surface area contributed by atoms with Gasteiger partial charge in [-0.05, 0) is 26.8 Å². The number of ether oxygens (including phenoxy) is 1. The predicted octanol–water partition coefficient (Wildman–Crippen LogP) is 2.17. The number of nitrogens with one attached hydrogen (secondary N) is 1. The average Bonchev–Trinajstić information content (AvgIpc) is 2.63. The van der Waals surface area contributed by atoms with E-state index in [2.05, 4.69) is 21.2 Å². The number of amides is 3. The fourth-order valence-electron chi connectivity index (χ4n) is 2.32. The fourth-order valence-corrected chi connectivity index (χ4v) is 3.00. The SMILES string of the molecule is CC(C)OC(=O)CN1C(=O)NC(C)(c2ccccc2Br)C1=O. The van der Waals surface area contributed by atoms with Crippen LogP contribution in [0.5, 0.6) is 0 Å². The Hall–Kier alpha value is -1.89. The van der Waals surface area contributed by atoms with Gasteiger partial charge < -0.3 is 10.1 Å². The molecule has 22 heavy (non-hydrogen) atoms. The van der Waals surface area contributed by atoms with Crippen LogP contribution in [0.15, 0.2) is 28.7 Å². The van der Waals surface area contributed by atoms with Crippen LogP contribution in [-0.2, 0) is 19.9 Å². The average molecular weight is 369 g/mol. The molecule has 1 fully saturated rings. The lowest BCUT2D eigenvalue weighted by atomic mass is 9.92. The minimum Gasteiger partial charge on any atom is -0.462 e. The Morgan fingerprint density at radius 3 is 2.59 bits per heavy atom.